The molecule has 0 aromatic heterocycles. The second-order valence-electron chi connectivity index (χ2n) is 3.18. The van der Waals surface area contributed by atoms with Crippen LogP contribution in [-0.4, -0.2) is 37.5 Å². The van der Waals surface area contributed by atoms with Crippen LogP contribution in [0.2, 0.25) is 0 Å². The topological polar surface area (TPSA) is 76.7 Å². The van der Waals surface area contributed by atoms with Crippen molar-refractivity contribution in [2.45, 2.75) is 32.4 Å². The van der Waals surface area contributed by atoms with E-state index in [1.165, 1.54) is 0 Å². The highest BCUT2D eigenvalue weighted by Crippen LogP contribution is 2.21. The molecule has 86 valence electrons. The van der Waals surface area contributed by atoms with Crippen LogP contribution in [0.4, 0.5) is 9.59 Å². The fourth-order valence-corrected chi connectivity index (χ4v) is 1.16. The second kappa shape index (κ2) is 5.43. The van der Waals surface area contributed by atoms with Gasteiger partial charge in [-0.25, -0.2) is 9.59 Å². The van der Waals surface area contributed by atoms with Crippen LogP contribution >= 0.6 is 0 Å². The molecule has 0 heterocycles. The molecule has 0 spiro atoms. The number of amides is 2. The molecule has 1 rings (SSSR count). The number of rotatable bonds is 4. The first-order valence-corrected chi connectivity index (χ1v) is 5.04. The van der Waals surface area contributed by atoms with E-state index in [0.717, 1.165) is 6.42 Å². The van der Waals surface area contributed by atoms with Crippen molar-refractivity contribution in [3.8, 4) is 0 Å². The maximum Gasteiger partial charge on any atom is 0.407 e. The summed E-state index contributed by atoms with van der Waals surface area (Å²) in [5.74, 6) is 0. The fourth-order valence-electron chi connectivity index (χ4n) is 1.16. The zero-order valence-electron chi connectivity index (χ0n) is 8.91. The van der Waals surface area contributed by atoms with E-state index in [9.17, 15) is 9.59 Å². The first-order chi connectivity index (χ1) is 7.17. The first-order valence-electron chi connectivity index (χ1n) is 5.04. The molecule has 1 aliphatic rings. The average molecular weight is 216 g/mol. The Morgan fingerprint density at radius 1 is 1.07 bits per heavy atom. The van der Waals surface area contributed by atoms with Gasteiger partial charge >= 0.3 is 12.2 Å². The van der Waals surface area contributed by atoms with Gasteiger partial charge in [-0.15, -0.1) is 0 Å². The second-order valence-corrected chi connectivity index (χ2v) is 3.18. The molecule has 6 heteroatoms. The Labute approximate surface area is 88.3 Å². The highest BCUT2D eigenvalue weighted by molar-refractivity contribution is 5.70. The number of ether oxygens (including phenoxy) is 2. The van der Waals surface area contributed by atoms with Gasteiger partial charge in [0.2, 0.25) is 0 Å². The van der Waals surface area contributed by atoms with Crippen molar-refractivity contribution in [2.24, 2.45) is 0 Å². The van der Waals surface area contributed by atoms with Crippen molar-refractivity contribution in [1.29, 1.82) is 0 Å². The Bertz CT molecular complexity index is 220. The lowest BCUT2D eigenvalue weighted by Crippen LogP contribution is -2.35. The predicted octanol–water partition coefficient (Wildman–Crippen LogP) is 0.619. The lowest BCUT2D eigenvalue weighted by Gasteiger charge is -2.06. The normalized spacial score (nSPS) is 22.8. The molecule has 2 atom stereocenters. The summed E-state index contributed by atoms with van der Waals surface area (Å²) in [4.78, 5) is 21.9. The Morgan fingerprint density at radius 2 is 1.47 bits per heavy atom. The number of alkyl carbamates (subject to hydrolysis) is 2. The minimum absolute atomic E-state index is 0.0338. The summed E-state index contributed by atoms with van der Waals surface area (Å²) in [6.45, 7) is 4.16. The highest BCUT2D eigenvalue weighted by Gasteiger charge is 2.40. The summed E-state index contributed by atoms with van der Waals surface area (Å²) >= 11 is 0. The monoisotopic (exact) mass is 216 g/mol. The Hall–Kier alpha value is -1.46. The van der Waals surface area contributed by atoms with Crippen LogP contribution in [0.15, 0.2) is 0 Å². The molecule has 0 bridgehead atoms. The molecule has 1 aliphatic carbocycles. The van der Waals surface area contributed by atoms with Crippen LogP contribution < -0.4 is 10.6 Å². The summed E-state index contributed by atoms with van der Waals surface area (Å²) in [7, 11) is 0. The zero-order chi connectivity index (χ0) is 11.3. The molecule has 0 radical (unpaired) electrons. The molecule has 1 saturated carbocycles. The van der Waals surface area contributed by atoms with Crippen LogP contribution in [-0.2, 0) is 9.47 Å². The molecular weight excluding hydrogens is 200 g/mol. The largest absolute Gasteiger partial charge is 0.450 e. The van der Waals surface area contributed by atoms with Crippen LogP contribution in [0.5, 0.6) is 0 Å². The number of hydrogen-bond acceptors (Lipinski definition) is 4. The van der Waals surface area contributed by atoms with E-state index in [-0.39, 0.29) is 12.1 Å². The molecular formula is C9H16N2O4. The summed E-state index contributed by atoms with van der Waals surface area (Å²) in [5, 5.41) is 5.24. The van der Waals surface area contributed by atoms with Gasteiger partial charge in [0.15, 0.2) is 0 Å². The van der Waals surface area contributed by atoms with Crippen LogP contribution in [0.3, 0.4) is 0 Å². The van der Waals surface area contributed by atoms with Gasteiger partial charge in [-0.1, -0.05) is 0 Å². The Kier molecular flexibility index (Phi) is 4.20. The molecule has 1 fully saturated rings. The summed E-state index contributed by atoms with van der Waals surface area (Å²) in [5.41, 5.74) is 0. The van der Waals surface area contributed by atoms with E-state index in [2.05, 4.69) is 10.6 Å². The van der Waals surface area contributed by atoms with Crippen LogP contribution in [0.25, 0.3) is 0 Å². The van der Waals surface area contributed by atoms with Gasteiger partial charge in [-0.2, -0.15) is 0 Å². The van der Waals surface area contributed by atoms with E-state index in [0.29, 0.717) is 13.2 Å². The van der Waals surface area contributed by atoms with E-state index >= 15 is 0 Å². The molecule has 0 aliphatic heterocycles. The van der Waals surface area contributed by atoms with Crippen molar-refractivity contribution >= 4 is 12.2 Å². The molecule has 2 N–H and O–H groups in total. The van der Waals surface area contributed by atoms with Crippen molar-refractivity contribution in [1.82, 2.24) is 10.6 Å². The molecule has 0 aromatic rings. The van der Waals surface area contributed by atoms with Gasteiger partial charge in [-0.05, 0) is 20.3 Å². The maximum atomic E-state index is 11.0. The van der Waals surface area contributed by atoms with Crippen molar-refractivity contribution < 1.29 is 19.1 Å². The van der Waals surface area contributed by atoms with Gasteiger partial charge in [0.05, 0.1) is 25.3 Å². The third-order valence-corrected chi connectivity index (χ3v) is 1.95. The quantitative estimate of drug-likeness (QED) is 0.722. The molecule has 0 unspecified atom stereocenters. The Balaban J connectivity index is 2.12. The van der Waals surface area contributed by atoms with E-state index < -0.39 is 12.2 Å². The number of carbonyl (C=O) groups is 2. The van der Waals surface area contributed by atoms with E-state index in [4.69, 9.17) is 9.47 Å². The summed E-state index contributed by atoms with van der Waals surface area (Å²) in [6.07, 6.45) is -0.177. The smallest absolute Gasteiger partial charge is 0.407 e. The van der Waals surface area contributed by atoms with Crippen LogP contribution in [0, 0.1) is 0 Å². The minimum Gasteiger partial charge on any atom is -0.450 e. The van der Waals surface area contributed by atoms with Gasteiger partial charge in [0.25, 0.3) is 0 Å². The molecule has 0 saturated heterocycles. The third-order valence-electron chi connectivity index (χ3n) is 1.95. The SMILES string of the molecule is CCOC(=O)N[C@H]1C[C@@H]1NC(=O)OCC. The predicted molar refractivity (Wildman–Crippen MR) is 52.5 cm³/mol. The third kappa shape index (κ3) is 4.05. The Morgan fingerprint density at radius 3 is 1.80 bits per heavy atom. The molecule has 6 nitrogen and oxygen atoms in total. The zero-order valence-corrected chi connectivity index (χ0v) is 8.91. The summed E-state index contributed by atoms with van der Waals surface area (Å²) < 4.78 is 9.40. The van der Waals surface area contributed by atoms with E-state index in [1.807, 2.05) is 0 Å². The standard InChI is InChI=1S/C9H16N2O4/c1-3-14-8(12)10-6-5-7(6)11-9(13)15-4-2/h6-7H,3-5H2,1-2H3,(H,10,12)(H,11,13)/t6-,7-/m0/s1. The van der Waals surface area contributed by atoms with Gasteiger partial charge in [0.1, 0.15) is 0 Å². The average Bonchev–Trinajstić information content (AvgIpc) is 2.83. The van der Waals surface area contributed by atoms with E-state index in [1.54, 1.807) is 13.8 Å². The number of hydrogen-bond donors (Lipinski definition) is 2. The van der Waals surface area contributed by atoms with Crippen molar-refractivity contribution in [3.05, 3.63) is 0 Å². The number of nitrogens with one attached hydrogen (secondary N) is 2. The molecule has 2 amide bonds. The van der Waals surface area contributed by atoms with Gasteiger partial charge in [-0.3, -0.25) is 0 Å². The van der Waals surface area contributed by atoms with Gasteiger partial charge in [0, 0.05) is 0 Å². The lowest BCUT2D eigenvalue weighted by atomic mass is 10.6. The van der Waals surface area contributed by atoms with Crippen LogP contribution in [0.1, 0.15) is 20.3 Å². The minimum atomic E-state index is -0.448. The first kappa shape index (κ1) is 11.6. The van der Waals surface area contributed by atoms with Crippen molar-refractivity contribution in [3.63, 3.8) is 0 Å². The lowest BCUT2D eigenvalue weighted by molar-refractivity contribution is 0.147. The highest BCUT2D eigenvalue weighted by atomic mass is 16.6. The maximum absolute atomic E-state index is 11.0. The molecule has 0 aromatic carbocycles. The van der Waals surface area contributed by atoms with Crippen molar-refractivity contribution in [2.75, 3.05) is 13.2 Å². The fraction of sp³-hybridized carbons (Fsp3) is 0.778. The summed E-state index contributed by atoms with van der Waals surface area (Å²) in [6, 6.07) is -0.0677. The molecule has 15 heavy (non-hydrogen) atoms. The number of carbonyl (C=O) groups excluding carboxylic acids is 2. The van der Waals surface area contributed by atoms with Gasteiger partial charge < -0.3 is 20.1 Å².